The summed E-state index contributed by atoms with van der Waals surface area (Å²) in [4.78, 5) is 68.5. The maximum atomic E-state index is 14.1. The van der Waals surface area contributed by atoms with E-state index >= 15 is 0 Å². The SMILES string of the molecule is CC(C)(C)[C@H](NC(=O)C(F)(F)F)C(=O)N1C[C@H]2[C@@H]([C@H]1C(=O)N[C@@H](C[C@@H]1CCCNC1=O)C(O)C(=O)N1CC3(COC3)C1)C2(C)C. The van der Waals surface area contributed by atoms with Crippen LogP contribution in [0.15, 0.2) is 0 Å². The molecule has 45 heavy (non-hydrogen) atoms. The summed E-state index contributed by atoms with van der Waals surface area (Å²) in [6.45, 7) is 10.9. The Hall–Kier alpha value is -2.94. The normalized spacial score (nSPS) is 30.2. The molecule has 0 aromatic heterocycles. The summed E-state index contributed by atoms with van der Waals surface area (Å²) >= 11 is 0. The first-order valence-corrected chi connectivity index (χ1v) is 15.6. The molecule has 4 saturated heterocycles. The average Bonchev–Trinajstić information content (AvgIpc) is 3.21. The second-order valence-corrected chi connectivity index (χ2v) is 15.3. The van der Waals surface area contributed by atoms with Crippen molar-refractivity contribution >= 4 is 29.5 Å². The molecule has 4 aliphatic heterocycles. The van der Waals surface area contributed by atoms with Crippen molar-refractivity contribution in [3.05, 3.63) is 0 Å². The molecule has 5 fully saturated rings. The Morgan fingerprint density at radius 1 is 1.09 bits per heavy atom. The number of rotatable bonds is 8. The lowest BCUT2D eigenvalue weighted by Gasteiger charge is -2.55. The number of fused-ring (bicyclic) bond motifs is 1. The Labute approximate surface area is 260 Å². The molecular formula is C30H44F3N5O7. The molecule has 1 aliphatic carbocycles. The molecule has 1 spiro atoms. The predicted octanol–water partition coefficient (Wildman–Crippen LogP) is 0.183. The third-order valence-electron chi connectivity index (χ3n) is 10.5. The summed E-state index contributed by atoms with van der Waals surface area (Å²) < 4.78 is 44.8. The number of carbonyl (C=O) groups is 5. The molecule has 7 atom stereocenters. The zero-order chi connectivity index (χ0) is 33.3. The topological polar surface area (TPSA) is 157 Å². The van der Waals surface area contributed by atoms with Crippen molar-refractivity contribution in [1.82, 2.24) is 25.8 Å². The van der Waals surface area contributed by atoms with Gasteiger partial charge in [-0.25, -0.2) is 0 Å². The van der Waals surface area contributed by atoms with Crippen LogP contribution in [-0.2, 0) is 28.7 Å². The zero-order valence-corrected chi connectivity index (χ0v) is 26.3. The summed E-state index contributed by atoms with van der Waals surface area (Å²) in [6, 6.07) is -3.85. The molecule has 0 radical (unpaired) electrons. The van der Waals surface area contributed by atoms with E-state index in [1.54, 1.807) is 0 Å². The lowest BCUT2D eigenvalue weighted by atomic mass is 9.77. The van der Waals surface area contributed by atoms with E-state index in [2.05, 4.69) is 10.6 Å². The number of nitrogens with one attached hydrogen (secondary N) is 3. The summed E-state index contributed by atoms with van der Waals surface area (Å²) in [5.41, 5.74) is -1.59. The Morgan fingerprint density at radius 2 is 1.73 bits per heavy atom. The smallest absolute Gasteiger partial charge is 0.381 e. The zero-order valence-electron chi connectivity index (χ0n) is 26.3. The Kier molecular flexibility index (Phi) is 8.46. The Balaban J connectivity index is 1.37. The van der Waals surface area contributed by atoms with Gasteiger partial charge in [0.2, 0.25) is 17.7 Å². The number of aliphatic hydroxyl groups is 1. The highest BCUT2D eigenvalue weighted by atomic mass is 19.4. The molecule has 12 nitrogen and oxygen atoms in total. The van der Waals surface area contributed by atoms with Crippen LogP contribution in [0.2, 0.25) is 0 Å². The van der Waals surface area contributed by atoms with Gasteiger partial charge in [-0.2, -0.15) is 13.2 Å². The molecule has 15 heteroatoms. The number of amides is 5. The standard InChI is InChI=1S/C30H44F3N5O7/c1-27(2,3)21(36-26(44)30(31,32)33)25(43)38-10-16-18(28(16,4)5)19(38)23(41)35-17(9-15-7-6-8-34-22(15)40)20(39)24(42)37-11-29(12-37)13-45-14-29/h15-21,39H,6-14H2,1-5H3,(H,34,40)(H,35,41)(H,36,44)/t15-,16-,17-,18-,19-,20?,21+/m0/s1. The van der Waals surface area contributed by atoms with Crippen LogP contribution in [0.3, 0.4) is 0 Å². The van der Waals surface area contributed by atoms with Crippen molar-refractivity contribution in [2.45, 2.75) is 84.3 Å². The summed E-state index contributed by atoms with van der Waals surface area (Å²) in [5, 5.41) is 18.7. The van der Waals surface area contributed by atoms with Crippen molar-refractivity contribution in [2.75, 3.05) is 39.4 Å². The fourth-order valence-corrected chi connectivity index (χ4v) is 7.59. The fourth-order valence-electron chi connectivity index (χ4n) is 7.59. The van der Waals surface area contributed by atoms with Gasteiger partial charge in [0.1, 0.15) is 12.1 Å². The number of likely N-dealkylation sites (tertiary alicyclic amines) is 2. The van der Waals surface area contributed by atoms with Crippen LogP contribution in [0.1, 0.15) is 53.9 Å². The Bertz CT molecular complexity index is 1240. The summed E-state index contributed by atoms with van der Waals surface area (Å²) in [7, 11) is 0. The van der Waals surface area contributed by atoms with Crippen molar-refractivity contribution in [3.63, 3.8) is 0 Å². The number of piperidine rings is 2. The highest BCUT2D eigenvalue weighted by Crippen LogP contribution is 2.65. The molecule has 1 unspecified atom stereocenters. The monoisotopic (exact) mass is 643 g/mol. The highest BCUT2D eigenvalue weighted by Gasteiger charge is 2.70. The predicted molar refractivity (Wildman–Crippen MR) is 152 cm³/mol. The molecular weight excluding hydrogens is 599 g/mol. The molecule has 4 heterocycles. The maximum Gasteiger partial charge on any atom is 0.471 e. The number of hydrogen-bond acceptors (Lipinski definition) is 7. The van der Waals surface area contributed by atoms with Crippen LogP contribution >= 0.6 is 0 Å². The summed E-state index contributed by atoms with van der Waals surface area (Å²) in [5.74, 6) is -5.59. The molecule has 0 bridgehead atoms. The van der Waals surface area contributed by atoms with Crippen molar-refractivity contribution in [3.8, 4) is 0 Å². The second-order valence-electron chi connectivity index (χ2n) is 15.3. The van der Waals surface area contributed by atoms with Gasteiger partial charge in [-0.3, -0.25) is 24.0 Å². The molecule has 0 aromatic rings. The van der Waals surface area contributed by atoms with E-state index in [4.69, 9.17) is 4.74 Å². The van der Waals surface area contributed by atoms with Gasteiger partial charge in [0.25, 0.3) is 5.91 Å². The van der Waals surface area contributed by atoms with Gasteiger partial charge < -0.3 is 35.6 Å². The average molecular weight is 644 g/mol. The number of nitrogens with zero attached hydrogens (tertiary/aromatic N) is 2. The van der Waals surface area contributed by atoms with Gasteiger partial charge in [0.05, 0.1) is 24.7 Å². The Morgan fingerprint density at radius 3 is 2.27 bits per heavy atom. The molecule has 5 rings (SSSR count). The van der Waals surface area contributed by atoms with Crippen LogP contribution in [0.4, 0.5) is 13.2 Å². The maximum absolute atomic E-state index is 14.1. The minimum atomic E-state index is -5.21. The van der Waals surface area contributed by atoms with Gasteiger partial charge in [0, 0.05) is 32.1 Å². The van der Waals surface area contributed by atoms with E-state index in [-0.39, 0.29) is 41.5 Å². The number of carbonyl (C=O) groups excluding carboxylic acids is 5. The van der Waals surface area contributed by atoms with E-state index in [1.807, 2.05) is 19.2 Å². The van der Waals surface area contributed by atoms with E-state index < -0.39 is 65.4 Å². The quantitative estimate of drug-likeness (QED) is 0.294. The summed E-state index contributed by atoms with van der Waals surface area (Å²) in [6.07, 6.45) is -5.70. The lowest BCUT2D eigenvalue weighted by molar-refractivity contribution is -0.200. The molecule has 252 valence electrons. The highest BCUT2D eigenvalue weighted by molar-refractivity contribution is 5.95. The van der Waals surface area contributed by atoms with Gasteiger partial charge >= 0.3 is 12.1 Å². The molecule has 1 saturated carbocycles. The number of halogens is 3. The fraction of sp³-hybridized carbons (Fsp3) is 0.833. The lowest BCUT2D eigenvalue weighted by Crippen LogP contribution is -2.69. The van der Waals surface area contributed by atoms with Gasteiger partial charge in [-0.05, 0) is 41.9 Å². The van der Waals surface area contributed by atoms with Crippen LogP contribution in [0.25, 0.3) is 0 Å². The van der Waals surface area contributed by atoms with E-state index in [1.165, 1.54) is 30.6 Å². The van der Waals surface area contributed by atoms with Crippen LogP contribution in [-0.4, -0.2) is 114 Å². The molecule has 0 aromatic carbocycles. The number of ether oxygens (including phenoxy) is 1. The molecule has 5 amide bonds. The number of alkyl halides is 3. The molecule has 4 N–H and O–H groups in total. The first kappa shape index (κ1) is 33.4. The van der Waals surface area contributed by atoms with Crippen LogP contribution in [0.5, 0.6) is 0 Å². The van der Waals surface area contributed by atoms with Gasteiger partial charge in [-0.15, -0.1) is 0 Å². The third kappa shape index (κ3) is 6.26. The van der Waals surface area contributed by atoms with Crippen LogP contribution < -0.4 is 16.0 Å². The van der Waals surface area contributed by atoms with E-state index in [0.717, 1.165) is 0 Å². The first-order chi connectivity index (χ1) is 20.8. The molecule has 5 aliphatic rings. The van der Waals surface area contributed by atoms with Crippen LogP contribution in [0, 0.1) is 34.0 Å². The van der Waals surface area contributed by atoms with Gasteiger partial charge in [-0.1, -0.05) is 34.6 Å². The minimum absolute atomic E-state index is 0.0169. The van der Waals surface area contributed by atoms with E-state index in [9.17, 15) is 42.3 Å². The number of aliphatic hydroxyl groups excluding tert-OH is 1. The second kappa shape index (κ2) is 11.4. The van der Waals surface area contributed by atoms with E-state index in [0.29, 0.717) is 45.7 Å². The van der Waals surface area contributed by atoms with Crippen molar-refractivity contribution < 1.29 is 47.0 Å². The minimum Gasteiger partial charge on any atom is -0.381 e. The largest absolute Gasteiger partial charge is 0.471 e. The third-order valence-corrected chi connectivity index (χ3v) is 10.5. The van der Waals surface area contributed by atoms with Crippen molar-refractivity contribution in [2.24, 2.45) is 34.0 Å². The van der Waals surface area contributed by atoms with Gasteiger partial charge in [0.15, 0.2) is 6.10 Å². The van der Waals surface area contributed by atoms with Crippen molar-refractivity contribution in [1.29, 1.82) is 0 Å². The number of hydrogen-bond donors (Lipinski definition) is 4. The first-order valence-electron chi connectivity index (χ1n) is 15.6.